The summed E-state index contributed by atoms with van der Waals surface area (Å²) in [7, 11) is 0. The van der Waals surface area contributed by atoms with Gasteiger partial charge in [-0.25, -0.2) is 4.99 Å². The maximum absolute atomic E-state index is 9.14. The van der Waals surface area contributed by atoms with Gasteiger partial charge in [0, 0.05) is 31.3 Å². The first-order valence-electron chi connectivity index (χ1n) is 9.89. The molecule has 0 atom stereocenters. The summed E-state index contributed by atoms with van der Waals surface area (Å²) >= 11 is 0. The van der Waals surface area contributed by atoms with E-state index in [0.29, 0.717) is 13.1 Å². The van der Waals surface area contributed by atoms with E-state index < -0.39 is 0 Å². The predicted octanol–water partition coefficient (Wildman–Crippen LogP) is 2.33. The van der Waals surface area contributed by atoms with E-state index in [1.807, 2.05) is 53.6 Å². The minimum atomic E-state index is 0.0677. The molecule has 1 rings (SSSR count). The molecule has 0 aliphatic rings. The van der Waals surface area contributed by atoms with Gasteiger partial charge < -0.3 is 15.1 Å². The highest BCUT2D eigenvalue weighted by molar-refractivity contribution is 5.70. The van der Waals surface area contributed by atoms with Gasteiger partial charge in [0.15, 0.2) is 6.21 Å². The number of allylic oxidation sites excluding steroid dienone is 4. The first kappa shape index (κ1) is 22.9. The molecule has 0 saturated heterocycles. The van der Waals surface area contributed by atoms with Crippen LogP contribution in [0, 0.1) is 0 Å². The number of unbranched alkanes of at least 4 members (excludes halogenated alkanes) is 3. The van der Waals surface area contributed by atoms with Gasteiger partial charge in [-0.2, -0.15) is 0 Å². The molecule has 0 aliphatic heterocycles. The molecule has 3 N–H and O–H groups in total. The molecule has 0 bridgehead atoms. The van der Waals surface area contributed by atoms with Gasteiger partial charge in [-0.3, -0.25) is 0 Å². The van der Waals surface area contributed by atoms with Crippen molar-refractivity contribution in [1.82, 2.24) is 0 Å². The molecule has 4 nitrogen and oxygen atoms in total. The standard InChI is InChI=1S/C23H34N2O2/c1-3-5-6-7-15-24-16-14-21(4-2)8-9-22-10-12-23(13-11-22)25(17-19-26)18-20-27/h4,8-14,16,26-27H,2-3,5-7,15,17-20H2,1H3/p+1/b9-8+,21-14+,24-16?. The first-order valence-corrected chi connectivity index (χ1v) is 9.89. The van der Waals surface area contributed by atoms with Gasteiger partial charge >= 0.3 is 0 Å². The third-order valence-corrected chi connectivity index (χ3v) is 4.27. The molecule has 27 heavy (non-hydrogen) atoms. The highest BCUT2D eigenvalue weighted by Gasteiger charge is 2.04. The van der Waals surface area contributed by atoms with E-state index in [1.165, 1.54) is 25.7 Å². The van der Waals surface area contributed by atoms with Crippen molar-refractivity contribution in [3.63, 3.8) is 0 Å². The minimum Gasteiger partial charge on any atom is -0.395 e. The summed E-state index contributed by atoms with van der Waals surface area (Å²) in [5.41, 5.74) is 3.13. The summed E-state index contributed by atoms with van der Waals surface area (Å²) in [4.78, 5) is 5.28. The van der Waals surface area contributed by atoms with Crippen molar-refractivity contribution in [2.75, 3.05) is 37.7 Å². The second kappa shape index (κ2) is 14.9. The fraction of sp³-hybridized carbons (Fsp3) is 0.435. The summed E-state index contributed by atoms with van der Waals surface area (Å²) in [6, 6.07) is 8.08. The molecule has 0 radical (unpaired) electrons. The molecule has 0 amide bonds. The number of rotatable bonds is 14. The van der Waals surface area contributed by atoms with Crippen LogP contribution in [0.3, 0.4) is 0 Å². The summed E-state index contributed by atoms with van der Waals surface area (Å²) < 4.78 is 0. The lowest BCUT2D eigenvalue weighted by Gasteiger charge is -2.22. The van der Waals surface area contributed by atoms with Crippen molar-refractivity contribution < 1.29 is 15.2 Å². The number of hydrogen-bond acceptors (Lipinski definition) is 3. The molecule has 0 spiro atoms. The fourth-order valence-corrected chi connectivity index (χ4v) is 2.68. The molecule has 148 valence electrons. The van der Waals surface area contributed by atoms with E-state index in [2.05, 4.69) is 24.6 Å². The number of aliphatic hydroxyl groups is 2. The number of anilines is 1. The summed E-state index contributed by atoms with van der Waals surface area (Å²) in [5.74, 6) is 0. The number of benzene rings is 1. The van der Waals surface area contributed by atoms with Crippen LogP contribution in [0.25, 0.3) is 6.08 Å². The lowest BCUT2D eigenvalue weighted by Crippen LogP contribution is -2.68. The van der Waals surface area contributed by atoms with Crippen LogP contribution in [0.2, 0.25) is 0 Å². The number of hydrogen-bond donors (Lipinski definition) is 3. The summed E-state index contributed by atoms with van der Waals surface area (Å²) in [6.45, 7) is 8.26. The fourth-order valence-electron chi connectivity index (χ4n) is 2.68. The summed E-state index contributed by atoms with van der Waals surface area (Å²) in [5, 5.41) is 18.3. The van der Waals surface area contributed by atoms with Crippen molar-refractivity contribution in [2.24, 2.45) is 0 Å². The Morgan fingerprint density at radius 1 is 1.07 bits per heavy atom. The summed E-state index contributed by atoms with van der Waals surface area (Å²) in [6.07, 6.45) is 15.0. The zero-order chi connectivity index (χ0) is 19.7. The maximum atomic E-state index is 9.14. The van der Waals surface area contributed by atoms with Gasteiger partial charge in [-0.1, -0.05) is 56.7 Å². The van der Waals surface area contributed by atoms with Gasteiger partial charge in [0.2, 0.25) is 0 Å². The Balaban J connectivity index is 2.61. The number of nitrogens with one attached hydrogen (secondary N) is 1. The molecular formula is C23H35N2O2+. The van der Waals surface area contributed by atoms with Crippen LogP contribution in [-0.4, -0.2) is 49.3 Å². The molecule has 4 heteroatoms. The second-order valence-electron chi connectivity index (χ2n) is 6.41. The quantitative estimate of drug-likeness (QED) is 0.267. The molecule has 0 aliphatic carbocycles. The third kappa shape index (κ3) is 9.92. The molecule has 0 aromatic heterocycles. The molecule has 1 aromatic rings. The molecular weight excluding hydrogens is 336 g/mol. The zero-order valence-corrected chi connectivity index (χ0v) is 16.6. The van der Waals surface area contributed by atoms with Crippen LogP contribution in [0.15, 0.2) is 54.6 Å². The normalized spacial score (nSPS) is 12.2. The van der Waals surface area contributed by atoms with Crippen molar-refractivity contribution >= 4 is 18.0 Å². The van der Waals surface area contributed by atoms with E-state index in [-0.39, 0.29) is 13.2 Å². The predicted molar refractivity (Wildman–Crippen MR) is 116 cm³/mol. The van der Waals surface area contributed by atoms with Crippen LogP contribution in [0.4, 0.5) is 5.69 Å². The molecule has 0 fully saturated rings. The molecule has 0 heterocycles. The average Bonchev–Trinajstić information content (AvgIpc) is 2.70. The van der Waals surface area contributed by atoms with Gasteiger partial charge in [-0.05, 0) is 29.7 Å². The minimum absolute atomic E-state index is 0.0677. The number of aliphatic hydroxyl groups excluding tert-OH is 2. The van der Waals surface area contributed by atoms with Crippen LogP contribution in [0.1, 0.15) is 38.2 Å². The Morgan fingerprint density at radius 3 is 2.37 bits per heavy atom. The van der Waals surface area contributed by atoms with Crippen molar-refractivity contribution in [1.29, 1.82) is 0 Å². The Morgan fingerprint density at radius 2 is 1.78 bits per heavy atom. The first-order chi connectivity index (χ1) is 13.2. The average molecular weight is 372 g/mol. The molecule has 0 saturated carbocycles. The lowest BCUT2D eigenvalue weighted by molar-refractivity contribution is -0.451. The van der Waals surface area contributed by atoms with Crippen molar-refractivity contribution in [3.05, 3.63) is 60.2 Å². The van der Waals surface area contributed by atoms with Crippen LogP contribution >= 0.6 is 0 Å². The van der Waals surface area contributed by atoms with Crippen molar-refractivity contribution in [2.45, 2.75) is 32.6 Å². The van der Waals surface area contributed by atoms with Gasteiger partial charge in [-0.15, -0.1) is 0 Å². The monoisotopic (exact) mass is 371 g/mol. The zero-order valence-electron chi connectivity index (χ0n) is 16.6. The van der Waals surface area contributed by atoms with Crippen LogP contribution in [-0.2, 0) is 0 Å². The Hall–Kier alpha value is -2.17. The molecule has 1 aromatic carbocycles. The number of nitrogens with zero attached hydrogens (tertiary/aromatic N) is 1. The highest BCUT2D eigenvalue weighted by Crippen LogP contribution is 2.16. The topological polar surface area (TPSA) is 57.7 Å². The Kier molecular flexibility index (Phi) is 12.7. The Bertz CT molecular complexity index is 597. The van der Waals surface area contributed by atoms with Gasteiger partial charge in [0.1, 0.15) is 6.54 Å². The Labute approximate surface area is 164 Å². The van der Waals surface area contributed by atoms with E-state index in [0.717, 1.165) is 23.4 Å². The highest BCUT2D eigenvalue weighted by atomic mass is 16.3. The van der Waals surface area contributed by atoms with E-state index in [4.69, 9.17) is 10.2 Å². The SMILES string of the molecule is C=CC(/C=C/c1ccc(N(CCO)CCO)cc1)=C\C=[NH+]CCCCCC. The largest absolute Gasteiger partial charge is 0.395 e. The van der Waals surface area contributed by atoms with Gasteiger partial charge in [0.25, 0.3) is 0 Å². The third-order valence-electron chi connectivity index (χ3n) is 4.27. The smallest absolute Gasteiger partial charge is 0.162 e. The maximum Gasteiger partial charge on any atom is 0.162 e. The second-order valence-corrected chi connectivity index (χ2v) is 6.41. The van der Waals surface area contributed by atoms with E-state index in [1.54, 1.807) is 0 Å². The van der Waals surface area contributed by atoms with Gasteiger partial charge in [0.05, 0.1) is 13.2 Å². The van der Waals surface area contributed by atoms with Crippen molar-refractivity contribution in [3.8, 4) is 0 Å². The van der Waals surface area contributed by atoms with E-state index in [9.17, 15) is 0 Å². The molecule has 0 unspecified atom stereocenters. The van der Waals surface area contributed by atoms with Crippen LogP contribution in [0.5, 0.6) is 0 Å². The van der Waals surface area contributed by atoms with Crippen LogP contribution < -0.4 is 9.89 Å². The van der Waals surface area contributed by atoms with E-state index >= 15 is 0 Å². The lowest BCUT2D eigenvalue weighted by atomic mass is 10.1.